The summed E-state index contributed by atoms with van der Waals surface area (Å²) in [7, 11) is 3.18. The Bertz CT molecular complexity index is 1330. The van der Waals surface area contributed by atoms with Crippen LogP contribution in [0.5, 0.6) is 11.5 Å². The lowest BCUT2D eigenvalue weighted by Gasteiger charge is -2.11. The lowest BCUT2D eigenvalue weighted by atomic mass is 10.0. The summed E-state index contributed by atoms with van der Waals surface area (Å²) in [5.41, 5.74) is 1.59. The van der Waals surface area contributed by atoms with E-state index in [-0.39, 0.29) is 5.91 Å². The van der Waals surface area contributed by atoms with E-state index in [0.717, 1.165) is 10.9 Å². The molecule has 0 radical (unpaired) electrons. The minimum Gasteiger partial charge on any atom is -0.493 e. The molecule has 6 heteroatoms. The van der Waals surface area contributed by atoms with Crippen molar-refractivity contribution in [2.45, 2.75) is 6.42 Å². The number of fused-ring (bicyclic) bond motifs is 1. The summed E-state index contributed by atoms with van der Waals surface area (Å²) in [5.74, 6) is 1.43. The quantitative estimate of drug-likeness (QED) is 0.470. The first-order valence-corrected chi connectivity index (χ1v) is 10.2. The van der Waals surface area contributed by atoms with Gasteiger partial charge in [0.2, 0.25) is 0 Å². The highest BCUT2D eigenvalue weighted by atomic mass is 16.5. The first-order chi connectivity index (χ1) is 15.6. The number of hydrogen-bond donors (Lipinski definition) is 1. The zero-order valence-electron chi connectivity index (χ0n) is 17.9. The number of rotatable bonds is 7. The largest absolute Gasteiger partial charge is 0.493 e. The van der Waals surface area contributed by atoms with E-state index in [2.05, 4.69) is 5.32 Å². The van der Waals surface area contributed by atoms with Gasteiger partial charge in [0, 0.05) is 12.1 Å². The molecule has 32 heavy (non-hydrogen) atoms. The number of hydrogen-bond acceptors (Lipinski definition) is 5. The SMILES string of the molecule is COc1ccc(CCNC(=O)c2ccccc2-c2cc3ccccc3c(=O)o2)cc1OC. The van der Waals surface area contributed by atoms with Gasteiger partial charge in [-0.1, -0.05) is 42.5 Å². The van der Waals surface area contributed by atoms with Gasteiger partial charge in [0.1, 0.15) is 5.76 Å². The second-order valence-electron chi connectivity index (χ2n) is 7.23. The Labute approximate surface area is 185 Å². The van der Waals surface area contributed by atoms with Crippen molar-refractivity contribution in [3.63, 3.8) is 0 Å². The van der Waals surface area contributed by atoms with Gasteiger partial charge in [0.15, 0.2) is 11.5 Å². The fourth-order valence-corrected chi connectivity index (χ4v) is 3.61. The molecule has 4 aromatic rings. The molecule has 0 atom stereocenters. The Kier molecular flexibility index (Phi) is 6.22. The van der Waals surface area contributed by atoms with Crippen molar-refractivity contribution in [1.82, 2.24) is 5.32 Å². The van der Waals surface area contributed by atoms with Gasteiger partial charge in [-0.05, 0) is 47.7 Å². The van der Waals surface area contributed by atoms with Gasteiger partial charge in [-0.15, -0.1) is 0 Å². The van der Waals surface area contributed by atoms with Crippen LogP contribution in [-0.4, -0.2) is 26.7 Å². The standard InChI is InChI=1S/C26H23NO5/c1-30-22-12-11-17(15-24(22)31-2)13-14-27-25(28)21-10-6-5-9-20(21)23-16-18-7-3-4-8-19(18)26(29)32-23/h3-12,15-16H,13-14H2,1-2H3,(H,27,28). The topological polar surface area (TPSA) is 77.8 Å². The molecule has 0 fully saturated rings. The van der Waals surface area contributed by atoms with Gasteiger partial charge in [-0.2, -0.15) is 0 Å². The molecule has 0 aliphatic carbocycles. The first-order valence-electron chi connectivity index (χ1n) is 10.2. The minimum atomic E-state index is -0.429. The number of amides is 1. The van der Waals surface area contributed by atoms with E-state index in [9.17, 15) is 9.59 Å². The van der Waals surface area contributed by atoms with Gasteiger partial charge < -0.3 is 19.2 Å². The molecular formula is C26H23NO5. The Balaban J connectivity index is 1.53. The highest BCUT2D eigenvalue weighted by Crippen LogP contribution is 2.28. The van der Waals surface area contributed by atoms with Crippen LogP contribution in [0.2, 0.25) is 0 Å². The van der Waals surface area contributed by atoms with Crippen molar-refractivity contribution in [3.8, 4) is 22.8 Å². The lowest BCUT2D eigenvalue weighted by molar-refractivity contribution is 0.0954. The Morgan fingerprint density at radius 3 is 2.47 bits per heavy atom. The monoisotopic (exact) mass is 429 g/mol. The molecule has 0 aliphatic rings. The van der Waals surface area contributed by atoms with Gasteiger partial charge >= 0.3 is 5.63 Å². The minimum absolute atomic E-state index is 0.239. The average molecular weight is 429 g/mol. The van der Waals surface area contributed by atoms with Crippen LogP contribution in [-0.2, 0) is 6.42 Å². The maximum Gasteiger partial charge on any atom is 0.344 e. The van der Waals surface area contributed by atoms with Crippen LogP contribution >= 0.6 is 0 Å². The number of nitrogens with one attached hydrogen (secondary N) is 1. The van der Waals surface area contributed by atoms with Crippen molar-refractivity contribution in [2.24, 2.45) is 0 Å². The predicted octanol–water partition coefficient (Wildman–Crippen LogP) is 4.45. The third kappa shape index (κ3) is 4.34. The third-order valence-corrected chi connectivity index (χ3v) is 5.25. The van der Waals surface area contributed by atoms with Crippen LogP contribution in [0, 0.1) is 0 Å². The molecule has 162 valence electrons. The van der Waals surface area contributed by atoms with Crippen molar-refractivity contribution < 1.29 is 18.7 Å². The second kappa shape index (κ2) is 9.39. The summed E-state index contributed by atoms with van der Waals surface area (Å²) >= 11 is 0. The summed E-state index contributed by atoms with van der Waals surface area (Å²) < 4.78 is 16.1. The molecule has 1 heterocycles. The zero-order chi connectivity index (χ0) is 22.5. The maximum absolute atomic E-state index is 12.9. The molecule has 3 aromatic carbocycles. The third-order valence-electron chi connectivity index (χ3n) is 5.25. The van der Waals surface area contributed by atoms with Crippen LogP contribution in [0.1, 0.15) is 15.9 Å². The maximum atomic E-state index is 12.9. The summed E-state index contributed by atoms with van der Waals surface area (Å²) in [5, 5.41) is 4.22. The van der Waals surface area contributed by atoms with Gasteiger partial charge in [-0.3, -0.25) is 4.79 Å². The number of methoxy groups -OCH3 is 2. The van der Waals surface area contributed by atoms with Crippen LogP contribution in [0.3, 0.4) is 0 Å². The van der Waals surface area contributed by atoms with E-state index in [0.29, 0.717) is 46.7 Å². The number of carbonyl (C=O) groups excluding carboxylic acids is 1. The van der Waals surface area contributed by atoms with E-state index < -0.39 is 5.63 Å². The lowest BCUT2D eigenvalue weighted by Crippen LogP contribution is -2.26. The van der Waals surface area contributed by atoms with E-state index in [1.807, 2.05) is 36.4 Å². The molecule has 0 bridgehead atoms. The molecule has 0 saturated carbocycles. The molecule has 1 amide bonds. The Morgan fingerprint density at radius 1 is 0.906 bits per heavy atom. The predicted molar refractivity (Wildman–Crippen MR) is 124 cm³/mol. The van der Waals surface area contributed by atoms with Crippen LogP contribution in [0.25, 0.3) is 22.1 Å². The molecule has 0 spiro atoms. The van der Waals surface area contributed by atoms with Crippen LogP contribution in [0.4, 0.5) is 0 Å². The van der Waals surface area contributed by atoms with Crippen LogP contribution < -0.4 is 20.4 Å². The normalized spacial score (nSPS) is 10.7. The van der Waals surface area contributed by atoms with Crippen molar-refractivity contribution in [2.75, 3.05) is 20.8 Å². The van der Waals surface area contributed by atoms with E-state index in [1.165, 1.54) is 0 Å². The fourth-order valence-electron chi connectivity index (χ4n) is 3.61. The zero-order valence-corrected chi connectivity index (χ0v) is 17.9. The molecule has 0 unspecified atom stereocenters. The van der Waals surface area contributed by atoms with E-state index in [1.54, 1.807) is 50.6 Å². The van der Waals surface area contributed by atoms with Crippen molar-refractivity contribution in [1.29, 1.82) is 0 Å². The Morgan fingerprint density at radius 2 is 1.66 bits per heavy atom. The number of benzene rings is 3. The average Bonchev–Trinajstić information content (AvgIpc) is 2.83. The van der Waals surface area contributed by atoms with Gasteiger partial charge in [-0.25, -0.2) is 4.79 Å². The highest BCUT2D eigenvalue weighted by molar-refractivity contribution is 6.00. The smallest absolute Gasteiger partial charge is 0.344 e. The van der Waals surface area contributed by atoms with E-state index >= 15 is 0 Å². The van der Waals surface area contributed by atoms with E-state index in [4.69, 9.17) is 13.9 Å². The van der Waals surface area contributed by atoms with Crippen LogP contribution in [0.15, 0.2) is 82.0 Å². The van der Waals surface area contributed by atoms with Crippen molar-refractivity contribution in [3.05, 3.63) is 94.3 Å². The Hall–Kier alpha value is -4.06. The summed E-state index contributed by atoms with van der Waals surface area (Å²) in [6.45, 7) is 0.435. The summed E-state index contributed by atoms with van der Waals surface area (Å²) in [6.07, 6.45) is 0.624. The molecule has 4 rings (SSSR count). The number of carbonyl (C=O) groups is 1. The molecular weight excluding hydrogens is 406 g/mol. The molecule has 0 aliphatic heterocycles. The summed E-state index contributed by atoms with van der Waals surface area (Å²) in [6, 6.07) is 21.8. The summed E-state index contributed by atoms with van der Waals surface area (Å²) in [4.78, 5) is 25.3. The number of ether oxygens (including phenoxy) is 2. The first kappa shape index (κ1) is 21.2. The molecule has 1 N–H and O–H groups in total. The molecule has 1 aromatic heterocycles. The van der Waals surface area contributed by atoms with Gasteiger partial charge in [0.05, 0.1) is 25.2 Å². The van der Waals surface area contributed by atoms with Crippen molar-refractivity contribution >= 4 is 16.7 Å². The molecule has 0 saturated heterocycles. The fraction of sp³-hybridized carbons (Fsp3) is 0.154. The highest BCUT2D eigenvalue weighted by Gasteiger charge is 2.15. The second-order valence-corrected chi connectivity index (χ2v) is 7.23. The molecule has 6 nitrogen and oxygen atoms in total. The van der Waals surface area contributed by atoms with Gasteiger partial charge in [0.25, 0.3) is 5.91 Å².